The van der Waals surface area contributed by atoms with Crippen molar-refractivity contribution in [3.05, 3.63) is 33.3 Å². The lowest BCUT2D eigenvalue weighted by Gasteiger charge is -2.32. The number of halogens is 2. The third kappa shape index (κ3) is 2.84. The van der Waals surface area contributed by atoms with Crippen LogP contribution in [-0.2, 0) is 6.61 Å². The zero-order chi connectivity index (χ0) is 13.5. The van der Waals surface area contributed by atoms with Crippen LogP contribution in [-0.4, -0.2) is 5.11 Å². The summed E-state index contributed by atoms with van der Waals surface area (Å²) in [6.45, 7) is 6.73. The van der Waals surface area contributed by atoms with Gasteiger partial charge in [0.1, 0.15) is 0 Å². The van der Waals surface area contributed by atoms with Gasteiger partial charge in [-0.15, -0.1) is 0 Å². The average molecular weight is 287 g/mol. The van der Waals surface area contributed by atoms with E-state index in [1.807, 2.05) is 6.07 Å². The molecule has 1 unspecified atom stereocenters. The molecule has 2 rings (SSSR count). The molecule has 0 heterocycles. The van der Waals surface area contributed by atoms with E-state index >= 15 is 0 Å². The van der Waals surface area contributed by atoms with Crippen molar-refractivity contribution < 1.29 is 5.11 Å². The van der Waals surface area contributed by atoms with Crippen molar-refractivity contribution in [1.82, 2.24) is 0 Å². The Labute approximate surface area is 119 Å². The van der Waals surface area contributed by atoms with Crippen LogP contribution in [0.1, 0.15) is 50.7 Å². The number of hydrogen-bond acceptors (Lipinski definition) is 1. The van der Waals surface area contributed by atoms with Crippen LogP contribution in [0.15, 0.2) is 12.1 Å². The van der Waals surface area contributed by atoms with Crippen molar-refractivity contribution in [2.45, 2.75) is 46.1 Å². The third-order valence-electron chi connectivity index (χ3n) is 3.66. The van der Waals surface area contributed by atoms with Crippen molar-refractivity contribution in [3.8, 4) is 0 Å². The summed E-state index contributed by atoms with van der Waals surface area (Å²) in [7, 11) is 0. The maximum Gasteiger partial charge on any atom is 0.0682 e. The molecule has 1 saturated carbocycles. The van der Waals surface area contributed by atoms with Crippen molar-refractivity contribution in [1.29, 1.82) is 0 Å². The summed E-state index contributed by atoms with van der Waals surface area (Å²) in [6.07, 6.45) is 2.53. The van der Waals surface area contributed by atoms with Gasteiger partial charge in [0.2, 0.25) is 0 Å². The van der Waals surface area contributed by atoms with Crippen molar-refractivity contribution in [2.24, 2.45) is 11.3 Å². The van der Waals surface area contributed by atoms with E-state index in [2.05, 4.69) is 20.8 Å². The molecule has 3 heteroatoms. The Morgan fingerprint density at radius 1 is 1.28 bits per heavy atom. The summed E-state index contributed by atoms with van der Waals surface area (Å²) in [5.74, 6) is 1.11. The van der Waals surface area contributed by atoms with E-state index in [-0.39, 0.29) is 12.0 Å². The second-order valence-corrected chi connectivity index (χ2v) is 7.11. The molecule has 0 aliphatic heterocycles. The minimum Gasteiger partial charge on any atom is -0.392 e. The largest absolute Gasteiger partial charge is 0.392 e. The van der Waals surface area contributed by atoms with Gasteiger partial charge in [-0.25, -0.2) is 0 Å². The maximum atomic E-state index is 9.31. The Balaban J connectivity index is 2.50. The third-order valence-corrected chi connectivity index (χ3v) is 4.48. The first-order chi connectivity index (χ1) is 8.34. The van der Waals surface area contributed by atoms with E-state index in [0.717, 1.165) is 11.1 Å². The topological polar surface area (TPSA) is 20.2 Å². The fraction of sp³-hybridized carbons (Fsp3) is 0.600. The first kappa shape index (κ1) is 14.2. The molecular weight excluding hydrogens is 267 g/mol. The molecule has 18 heavy (non-hydrogen) atoms. The van der Waals surface area contributed by atoms with Crippen LogP contribution in [0.25, 0.3) is 0 Å². The first-order valence-corrected chi connectivity index (χ1v) is 7.19. The number of aliphatic hydroxyl groups excluding tert-OH is 1. The van der Waals surface area contributed by atoms with Crippen LogP contribution >= 0.6 is 23.2 Å². The van der Waals surface area contributed by atoms with Gasteiger partial charge >= 0.3 is 0 Å². The molecule has 0 amide bonds. The summed E-state index contributed by atoms with van der Waals surface area (Å²) in [5.41, 5.74) is 2.10. The molecule has 100 valence electrons. The molecular formula is C15H20Cl2O. The second-order valence-electron chi connectivity index (χ2n) is 6.32. The minimum absolute atomic E-state index is 0.00538. The summed E-state index contributed by atoms with van der Waals surface area (Å²) < 4.78 is 0. The summed E-state index contributed by atoms with van der Waals surface area (Å²) in [4.78, 5) is 0. The summed E-state index contributed by atoms with van der Waals surface area (Å²) in [6, 6.07) is 3.77. The molecule has 1 atom stereocenters. The average Bonchev–Trinajstić information content (AvgIpc) is 3.06. The van der Waals surface area contributed by atoms with E-state index < -0.39 is 0 Å². The fourth-order valence-electron chi connectivity index (χ4n) is 2.84. The first-order valence-electron chi connectivity index (χ1n) is 6.43. The molecule has 0 aromatic heterocycles. The van der Waals surface area contributed by atoms with Crippen LogP contribution in [0, 0.1) is 11.3 Å². The van der Waals surface area contributed by atoms with Gasteiger partial charge in [-0.3, -0.25) is 0 Å². The highest BCUT2D eigenvalue weighted by Gasteiger charge is 2.40. The van der Waals surface area contributed by atoms with Crippen LogP contribution in [0.3, 0.4) is 0 Å². The zero-order valence-electron chi connectivity index (χ0n) is 11.1. The Morgan fingerprint density at radius 3 is 2.33 bits per heavy atom. The molecule has 1 aliphatic rings. The molecule has 0 bridgehead atoms. The smallest absolute Gasteiger partial charge is 0.0682 e. The number of hydrogen-bond donors (Lipinski definition) is 1. The van der Waals surface area contributed by atoms with E-state index in [9.17, 15) is 5.11 Å². The maximum absolute atomic E-state index is 9.31. The van der Waals surface area contributed by atoms with Crippen LogP contribution in [0.2, 0.25) is 10.0 Å². The van der Waals surface area contributed by atoms with Crippen LogP contribution in [0.4, 0.5) is 0 Å². The Bertz CT molecular complexity index is 445. The highest BCUT2D eigenvalue weighted by molar-refractivity contribution is 6.42. The van der Waals surface area contributed by atoms with E-state index in [1.165, 1.54) is 12.8 Å². The van der Waals surface area contributed by atoms with E-state index in [4.69, 9.17) is 23.2 Å². The van der Waals surface area contributed by atoms with Gasteiger partial charge in [0.15, 0.2) is 0 Å². The molecule has 1 fully saturated rings. The molecule has 0 saturated heterocycles. The lowest BCUT2D eigenvalue weighted by molar-refractivity contribution is 0.278. The predicted molar refractivity (Wildman–Crippen MR) is 77.3 cm³/mol. The molecule has 1 aromatic carbocycles. The predicted octanol–water partition coefficient (Wildman–Crippen LogP) is 5.03. The quantitative estimate of drug-likeness (QED) is 0.827. The van der Waals surface area contributed by atoms with Gasteiger partial charge in [-0.2, -0.15) is 0 Å². The number of aliphatic hydroxyl groups is 1. The SMILES string of the molecule is CC(C)(C)C(c1cc(CO)cc(Cl)c1Cl)C1CC1. The Morgan fingerprint density at radius 2 is 1.89 bits per heavy atom. The molecule has 1 nitrogen and oxygen atoms in total. The number of rotatable bonds is 3. The molecule has 1 aliphatic carbocycles. The summed E-state index contributed by atoms with van der Waals surface area (Å²) in [5, 5.41) is 10.5. The zero-order valence-corrected chi connectivity index (χ0v) is 12.6. The Hall–Kier alpha value is -0.240. The highest BCUT2D eigenvalue weighted by atomic mass is 35.5. The van der Waals surface area contributed by atoms with Gasteiger partial charge in [0.05, 0.1) is 16.7 Å². The summed E-state index contributed by atoms with van der Waals surface area (Å²) >= 11 is 12.6. The lowest BCUT2D eigenvalue weighted by Crippen LogP contribution is -2.21. The molecule has 1 aromatic rings. The highest BCUT2D eigenvalue weighted by Crippen LogP contribution is 2.53. The molecule has 0 radical (unpaired) electrons. The van der Waals surface area contributed by atoms with Crippen molar-refractivity contribution >= 4 is 23.2 Å². The van der Waals surface area contributed by atoms with E-state index in [0.29, 0.717) is 21.9 Å². The van der Waals surface area contributed by atoms with Gasteiger partial charge in [0.25, 0.3) is 0 Å². The normalized spacial score (nSPS) is 17.9. The molecule has 1 N–H and O–H groups in total. The van der Waals surface area contributed by atoms with Crippen molar-refractivity contribution in [2.75, 3.05) is 0 Å². The van der Waals surface area contributed by atoms with Gasteiger partial charge in [-0.1, -0.05) is 50.0 Å². The second kappa shape index (κ2) is 5.03. The Kier molecular flexibility index (Phi) is 3.96. The fourth-order valence-corrected chi connectivity index (χ4v) is 3.32. The van der Waals surface area contributed by atoms with E-state index in [1.54, 1.807) is 6.07 Å². The van der Waals surface area contributed by atoms with Gasteiger partial charge in [-0.05, 0) is 47.3 Å². The minimum atomic E-state index is 0.00538. The number of benzene rings is 1. The monoisotopic (exact) mass is 286 g/mol. The lowest BCUT2D eigenvalue weighted by atomic mass is 9.73. The van der Waals surface area contributed by atoms with Crippen LogP contribution in [0.5, 0.6) is 0 Å². The van der Waals surface area contributed by atoms with Gasteiger partial charge in [0, 0.05) is 0 Å². The molecule has 0 spiro atoms. The standard InChI is InChI=1S/C15H20Cl2O/c1-15(2,3)13(10-4-5-10)11-6-9(8-18)7-12(16)14(11)17/h6-7,10,13,18H,4-5,8H2,1-3H3. The van der Waals surface area contributed by atoms with Crippen molar-refractivity contribution in [3.63, 3.8) is 0 Å². The van der Waals surface area contributed by atoms with Gasteiger partial charge < -0.3 is 5.11 Å². The van der Waals surface area contributed by atoms with Crippen LogP contribution < -0.4 is 0 Å².